The first-order chi connectivity index (χ1) is 11.0. The van der Waals surface area contributed by atoms with E-state index in [9.17, 15) is 9.59 Å². The lowest BCUT2D eigenvalue weighted by Crippen LogP contribution is -2.22. The zero-order chi connectivity index (χ0) is 16.8. The van der Waals surface area contributed by atoms with E-state index in [0.29, 0.717) is 30.9 Å². The van der Waals surface area contributed by atoms with Crippen LogP contribution in [0.25, 0.3) is 5.82 Å². The molecule has 0 atom stereocenters. The van der Waals surface area contributed by atoms with Crippen molar-refractivity contribution in [2.24, 2.45) is 0 Å². The molecule has 0 aliphatic heterocycles. The van der Waals surface area contributed by atoms with Gasteiger partial charge >= 0.3 is 0 Å². The van der Waals surface area contributed by atoms with Gasteiger partial charge in [-0.3, -0.25) is 9.59 Å². The van der Waals surface area contributed by atoms with E-state index >= 15 is 0 Å². The van der Waals surface area contributed by atoms with Crippen LogP contribution in [0.2, 0.25) is 0 Å². The van der Waals surface area contributed by atoms with Crippen LogP contribution in [-0.4, -0.2) is 33.1 Å². The second-order valence-corrected chi connectivity index (χ2v) is 5.38. The summed E-state index contributed by atoms with van der Waals surface area (Å²) >= 11 is 0. The molecule has 0 bridgehead atoms. The van der Waals surface area contributed by atoms with Crippen molar-refractivity contribution in [1.82, 2.24) is 20.1 Å². The number of hydrogen-bond acceptors (Lipinski definition) is 4. The van der Waals surface area contributed by atoms with E-state index in [4.69, 9.17) is 0 Å². The highest BCUT2D eigenvalue weighted by Gasteiger charge is 2.06. The molecule has 0 aromatic carbocycles. The molecule has 0 aliphatic carbocycles. The first kappa shape index (κ1) is 16.7. The van der Waals surface area contributed by atoms with Gasteiger partial charge in [-0.15, -0.1) is 0 Å². The van der Waals surface area contributed by atoms with Crippen molar-refractivity contribution in [1.29, 1.82) is 0 Å². The first-order valence-electron chi connectivity index (χ1n) is 7.49. The Balaban J connectivity index is 1.88. The van der Waals surface area contributed by atoms with Gasteiger partial charge in [-0.05, 0) is 38.5 Å². The Kier molecular flexibility index (Phi) is 5.46. The summed E-state index contributed by atoms with van der Waals surface area (Å²) in [6, 6.07) is 5.59. The highest BCUT2D eigenvalue weighted by molar-refractivity contribution is 5.90. The summed E-state index contributed by atoms with van der Waals surface area (Å²) in [7, 11) is 0. The third-order valence-corrected chi connectivity index (χ3v) is 3.21. The number of pyridine rings is 1. The summed E-state index contributed by atoms with van der Waals surface area (Å²) < 4.78 is 1.76. The molecule has 2 N–H and O–H groups in total. The van der Waals surface area contributed by atoms with Gasteiger partial charge in [0, 0.05) is 25.6 Å². The Hall–Kier alpha value is -2.70. The normalized spacial score (nSPS) is 10.4. The largest absolute Gasteiger partial charge is 0.356 e. The Labute approximate surface area is 135 Å². The number of carbonyl (C=O) groups excluding carboxylic acids is 2. The van der Waals surface area contributed by atoms with Gasteiger partial charge in [0.25, 0.3) is 0 Å². The summed E-state index contributed by atoms with van der Waals surface area (Å²) in [5.74, 6) is 0.518. The van der Waals surface area contributed by atoms with Crippen LogP contribution in [0, 0.1) is 13.8 Å². The number of carbonyl (C=O) groups is 2. The molecule has 2 rings (SSSR count). The smallest absolute Gasteiger partial charge is 0.224 e. The lowest BCUT2D eigenvalue weighted by atomic mass is 10.3. The van der Waals surface area contributed by atoms with Gasteiger partial charge < -0.3 is 10.6 Å². The molecule has 0 unspecified atom stereocenters. The van der Waals surface area contributed by atoms with Crippen LogP contribution in [0.4, 0.5) is 5.69 Å². The maximum atomic E-state index is 11.8. The fourth-order valence-corrected chi connectivity index (χ4v) is 2.18. The Morgan fingerprint density at radius 1 is 1.26 bits per heavy atom. The SMILES string of the molecule is CC(=O)NCCCC(=O)Nc1ccc(-n2nc(C)cc2C)nc1. The zero-order valence-electron chi connectivity index (χ0n) is 13.6. The van der Waals surface area contributed by atoms with Gasteiger partial charge in [-0.1, -0.05) is 0 Å². The van der Waals surface area contributed by atoms with Gasteiger partial charge in [0.2, 0.25) is 11.8 Å². The van der Waals surface area contributed by atoms with Gasteiger partial charge in [-0.25, -0.2) is 9.67 Å². The van der Waals surface area contributed by atoms with Crippen LogP contribution in [0.15, 0.2) is 24.4 Å². The molecule has 2 heterocycles. The number of rotatable bonds is 6. The van der Waals surface area contributed by atoms with E-state index in [1.807, 2.05) is 26.0 Å². The van der Waals surface area contributed by atoms with E-state index in [-0.39, 0.29) is 11.8 Å². The van der Waals surface area contributed by atoms with E-state index in [1.165, 1.54) is 6.92 Å². The number of amides is 2. The number of aryl methyl sites for hydroxylation is 2. The zero-order valence-corrected chi connectivity index (χ0v) is 13.6. The lowest BCUT2D eigenvalue weighted by Gasteiger charge is -2.07. The highest BCUT2D eigenvalue weighted by atomic mass is 16.2. The minimum atomic E-state index is -0.101. The van der Waals surface area contributed by atoms with Crippen molar-refractivity contribution >= 4 is 17.5 Å². The maximum absolute atomic E-state index is 11.8. The molecule has 0 saturated carbocycles. The highest BCUT2D eigenvalue weighted by Crippen LogP contribution is 2.12. The quantitative estimate of drug-likeness (QED) is 0.795. The Morgan fingerprint density at radius 3 is 2.61 bits per heavy atom. The Morgan fingerprint density at radius 2 is 2.04 bits per heavy atom. The Bertz CT molecular complexity index is 691. The molecular formula is C16H21N5O2. The van der Waals surface area contributed by atoms with Crippen LogP contribution >= 0.6 is 0 Å². The fourth-order valence-electron chi connectivity index (χ4n) is 2.18. The summed E-state index contributed by atoms with van der Waals surface area (Å²) in [6.45, 7) is 5.85. The summed E-state index contributed by atoms with van der Waals surface area (Å²) in [6.07, 6.45) is 2.56. The molecule has 0 aliphatic rings. The summed E-state index contributed by atoms with van der Waals surface area (Å²) in [5.41, 5.74) is 2.57. The monoisotopic (exact) mass is 315 g/mol. The fraction of sp³-hybridized carbons (Fsp3) is 0.375. The summed E-state index contributed by atoms with van der Waals surface area (Å²) in [4.78, 5) is 26.9. The number of nitrogens with zero attached hydrogens (tertiary/aromatic N) is 3. The standard InChI is InChI=1S/C16H21N5O2/c1-11-9-12(2)21(20-11)15-7-6-14(10-18-15)19-16(23)5-4-8-17-13(3)22/h6-7,9-10H,4-5,8H2,1-3H3,(H,17,22)(H,19,23). The molecule has 2 aromatic rings. The lowest BCUT2D eigenvalue weighted by molar-refractivity contribution is -0.119. The number of hydrogen-bond donors (Lipinski definition) is 2. The predicted molar refractivity (Wildman–Crippen MR) is 87.4 cm³/mol. The van der Waals surface area contributed by atoms with Crippen molar-refractivity contribution in [3.8, 4) is 5.82 Å². The second-order valence-electron chi connectivity index (χ2n) is 5.38. The minimum Gasteiger partial charge on any atom is -0.356 e. The van der Waals surface area contributed by atoms with Crippen molar-refractivity contribution in [2.45, 2.75) is 33.6 Å². The molecule has 7 nitrogen and oxygen atoms in total. The molecule has 0 fully saturated rings. The maximum Gasteiger partial charge on any atom is 0.224 e. The molecular weight excluding hydrogens is 294 g/mol. The van der Waals surface area contributed by atoms with Crippen LogP contribution < -0.4 is 10.6 Å². The topological polar surface area (TPSA) is 88.9 Å². The molecule has 7 heteroatoms. The second kappa shape index (κ2) is 7.53. The molecule has 0 saturated heterocycles. The van der Waals surface area contributed by atoms with E-state index in [1.54, 1.807) is 16.9 Å². The van der Waals surface area contributed by atoms with E-state index in [2.05, 4.69) is 20.7 Å². The van der Waals surface area contributed by atoms with Crippen LogP contribution in [0.5, 0.6) is 0 Å². The molecule has 0 radical (unpaired) electrons. The van der Waals surface area contributed by atoms with Crippen molar-refractivity contribution in [3.05, 3.63) is 35.8 Å². The van der Waals surface area contributed by atoms with Crippen LogP contribution in [0.1, 0.15) is 31.2 Å². The predicted octanol–water partition coefficient (Wildman–Crippen LogP) is 1.74. The van der Waals surface area contributed by atoms with E-state index < -0.39 is 0 Å². The molecule has 0 spiro atoms. The third-order valence-electron chi connectivity index (χ3n) is 3.21. The van der Waals surface area contributed by atoms with Crippen molar-refractivity contribution in [3.63, 3.8) is 0 Å². The third kappa shape index (κ3) is 4.91. The van der Waals surface area contributed by atoms with Crippen LogP contribution in [-0.2, 0) is 9.59 Å². The molecule has 2 amide bonds. The van der Waals surface area contributed by atoms with Gasteiger partial charge in [-0.2, -0.15) is 5.10 Å². The van der Waals surface area contributed by atoms with Crippen LogP contribution in [0.3, 0.4) is 0 Å². The first-order valence-corrected chi connectivity index (χ1v) is 7.49. The minimum absolute atomic E-state index is 0.0886. The summed E-state index contributed by atoms with van der Waals surface area (Å²) in [5, 5.41) is 9.81. The van der Waals surface area contributed by atoms with Crippen molar-refractivity contribution < 1.29 is 9.59 Å². The van der Waals surface area contributed by atoms with Gasteiger partial charge in [0.1, 0.15) is 0 Å². The van der Waals surface area contributed by atoms with Gasteiger partial charge in [0.05, 0.1) is 17.6 Å². The number of aromatic nitrogens is 3. The van der Waals surface area contributed by atoms with Crippen molar-refractivity contribution in [2.75, 3.05) is 11.9 Å². The molecule has 122 valence electrons. The number of anilines is 1. The van der Waals surface area contributed by atoms with E-state index in [0.717, 1.165) is 11.4 Å². The average Bonchev–Trinajstić information content (AvgIpc) is 2.83. The average molecular weight is 315 g/mol. The molecule has 23 heavy (non-hydrogen) atoms. The number of nitrogens with one attached hydrogen (secondary N) is 2. The molecule has 2 aromatic heterocycles. The van der Waals surface area contributed by atoms with Gasteiger partial charge in [0.15, 0.2) is 5.82 Å².